The van der Waals surface area contributed by atoms with E-state index in [2.05, 4.69) is 20.3 Å². The first kappa shape index (κ1) is 18.8. The van der Waals surface area contributed by atoms with Crippen LogP contribution in [-0.4, -0.2) is 44.3 Å². The zero-order valence-electron chi connectivity index (χ0n) is 16.2. The van der Waals surface area contributed by atoms with Crippen LogP contribution in [0.1, 0.15) is 29.0 Å². The van der Waals surface area contributed by atoms with Crippen molar-refractivity contribution in [1.29, 1.82) is 0 Å². The number of hydrogen-bond acceptors (Lipinski definition) is 6. The zero-order chi connectivity index (χ0) is 20.2. The minimum Gasteiger partial charge on any atom is -0.340 e. The van der Waals surface area contributed by atoms with Crippen molar-refractivity contribution in [1.82, 2.24) is 19.5 Å². The fourth-order valence-electron chi connectivity index (χ4n) is 3.52. The highest BCUT2D eigenvalue weighted by Gasteiger charge is 2.27. The molecule has 29 heavy (non-hydrogen) atoms. The molecule has 1 aliphatic heterocycles. The molecule has 1 amide bonds. The molecule has 8 heteroatoms. The Morgan fingerprint density at radius 2 is 1.93 bits per heavy atom. The Morgan fingerprint density at radius 3 is 2.69 bits per heavy atom. The first-order chi connectivity index (χ1) is 14.1. The monoisotopic (exact) mass is 390 g/mol. The maximum atomic E-state index is 12.8. The summed E-state index contributed by atoms with van der Waals surface area (Å²) in [4.78, 5) is 40.2. The second kappa shape index (κ2) is 8.22. The highest BCUT2D eigenvalue weighted by Crippen LogP contribution is 2.22. The number of aryl methyl sites for hydroxylation is 1. The molecule has 3 heterocycles. The standard InChI is InChI=1S/C21H22N6O2/c1-26-12-10-22-19(26)18(28)15-5-2-7-17(13-15)25-20(29)16-6-3-11-27(14-16)21-23-8-4-9-24-21/h2,4-5,7-10,12-13,16H,3,6,11,14H2,1H3,(H,25,29)/t16-/m0/s1. The molecule has 1 saturated heterocycles. The van der Waals surface area contributed by atoms with Crippen LogP contribution >= 0.6 is 0 Å². The lowest BCUT2D eigenvalue weighted by Gasteiger charge is -2.31. The van der Waals surface area contributed by atoms with Crippen molar-refractivity contribution in [2.24, 2.45) is 13.0 Å². The van der Waals surface area contributed by atoms with E-state index in [9.17, 15) is 9.59 Å². The number of ketones is 1. The highest BCUT2D eigenvalue weighted by atomic mass is 16.2. The number of anilines is 2. The molecule has 4 rings (SSSR count). The number of nitrogens with zero attached hydrogens (tertiary/aromatic N) is 5. The van der Waals surface area contributed by atoms with Crippen LogP contribution in [0.15, 0.2) is 55.1 Å². The molecule has 0 radical (unpaired) electrons. The van der Waals surface area contributed by atoms with E-state index in [-0.39, 0.29) is 17.6 Å². The average Bonchev–Trinajstić information content (AvgIpc) is 3.20. The van der Waals surface area contributed by atoms with E-state index in [1.807, 2.05) is 4.90 Å². The number of rotatable bonds is 5. The van der Waals surface area contributed by atoms with Crippen molar-refractivity contribution in [3.05, 3.63) is 66.5 Å². The molecule has 1 aromatic carbocycles. The Morgan fingerprint density at radius 1 is 1.10 bits per heavy atom. The molecule has 2 aromatic heterocycles. The predicted molar refractivity (Wildman–Crippen MR) is 109 cm³/mol. The smallest absolute Gasteiger partial charge is 0.229 e. The molecular formula is C21H22N6O2. The van der Waals surface area contributed by atoms with E-state index in [1.165, 1.54) is 0 Å². The summed E-state index contributed by atoms with van der Waals surface area (Å²) in [6, 6.07) is 8.74. The summed E-state index contributed by atoms with van der Waals surface area (Å²) in [7, 11) is 1.77. The molecule has 148 valence electrons. The predicted octanol–water partition coefficient (Wildman–Crippen LogP) is 2.30. The Bertz CT molecular complexity index is 1020. The third-order valence-corrected chi connectivity index (χ3v) is 5.04. The summed E-state index contributed by atoms with van der Waals surface area (Å²) < 4.78 is 1.68. The van der Waals surface area contributed by atoms with Gasteiger partial charge in [-0.3, -0.25) is 9.59 Å². The largest absolute Gasteiger partial charge is 0.340 e. The summed E-state index contributed by atoms with van der Waals surface area (Å²) >= 11 is 0. The average molecular weight is 390 g/mol. The van der Waals surface area contributed by atoms with Crippen LogP contribution in [0.4, 0.5) is 11.6 Å². The van der Waals surface area contributed by atoms with Gasteiger partial charge in [0.15, 0.2) is 5.82 Å². The van der Waals surface area contributed by atoms with Gasteiger partial charge >= 0.3 is 0 Å². The van der Waals surface area contributed by atoms with Gasteiger partial charge in [-0.25, -0.2) is 15.0 Å². The molecule has 0 bridgehead atoms. The van der Waals surface area contributed by atoms with Gasteiger partial charge < -0.3 is 14.8 Å². The quantitative estimate of drug-likeness (QED) is 0.672. The van der Waals surface area contributed by atoms with Gasteiger partial charge in [-0.1, -0.05) is 12.1 Å². The van der Waals surface area contributed by atoms with Crippen LogP contribution in [0, 0.1) is 5.92 Å². The number of piperidine rings is 1. The van der Waals surface area contributed by atoms with Crippen LogP contribution in [-0.2, 0) is 11.8 Å². The molecule has 8 nitrogen and oxygen atoms in total. The second-order valence-corrected chi connectivity index (χ2v) is 7.09. The van der Waals surface area contributed by atoms with E-state index in [4.69, 9.17) is 0 Å². The van der Waals surface area contributed by atoms with Gasteiger partial charge in [-0.2, -0.15) is 0 Å². The highest BCUT2D eigenvalue weighted by molar-refractivity contribution is 6.07. The summed E-state index contributed by atoms with van der Waals surface area (Å²) in [5.74, 6) is 0.597. The molecule has 1 fully saturated rings. The molecular weight excluding hydrogens is 368 g/mol. The number of hydrogen-bond donors (Lipinski definition) is 1. The second-order valence-electron chi connectivity index (χ2n) is 7.09. The van der Waals surface area contributed by atoms with E-state index in [0.29, 0.717) is 29.6 Å². The molecule has 1 atom stereocenters. The number of carbonyl (C=O) groups is 2. The lowest BCUT2D eigenvalue weighted by molar-refractivity contribution is -0.120. The van der Waals surface area contributed by atoms with Gasteiger partial charge in [0.25, 0.3) is 0 Å². The third-order valence-electron chi connectivity index (χ3n) is 5.04. The molecule has 3 aromatic rings. The number of imidazole rings is 1. The van der Waals surface area contributed by atoms with E-state index >= 15 is 0 Å². The van der Waals surface area contributed by atoms with Gasteiger partial charge in [0, 0.05) is 56.2 Å². The normalized spacial score (nSPS) is 16.4. The number of nitrogens with one attached hydrogen (secondary N) is 1. The molecule has 0 unspecified atom stereocenters. The van der Waals surface area contributed by atoms with Crippen molar-refractivity contribution < 1.29 is 9.59 Å². The van der Waals surface area contributed by atoms with Crippen molar-refractivity contribution in [3.8, 4) is 0 Å². The molecule has 1 N–H and O–H groups in total. The minimum atomic E-state index is -0.182. The van der Waals surface area contributed by atoms with Crippen LogP contribution in [0.5, 0.6) is 0 Å². The summed E-state index contributed by atoms with van der Waals surface area (Å²) in [5, 5.41) is 2.95. The fourth-order valence-corrected chi connectivity index (χ4v) is 3.52. The number of carbonyl (C=O) groups excluding carboxylic acids is 2. The lowest BCUT2D eigenvalue weighted by atomic mass is 9.97. The Kier molecular flexibility index (Phi) is 5.33. The van der Waals surface area contributed by atoms with Gasteiger partial charge in [-0.15, -0.1) is 0 Å². The Balaban J connectivity index is 1.44. The summed E-state index contributed by atoms with van der Waals surface area (Å²) in [6.45, 7) is 1.41. The van der Waals surface area contributed by atoms with E-state index < -0.39 is 0 Å². The fraction of sp³-hybridized carbons (Fsp3) is 0.286. The van der Waals surface area contributed by atoms with Gasteiger partial charge in [0.1, 0.15) is 0 Å². The summed E-state index contributed by atoms with van der Waals surface area (Å²) in [6.07, 6.45) is 8.43. The SMILES string of the molecule is Cn1ccnc1C(=O)c1cccc(NC(=O)[C@H]2CCCN(c3ncccn3)C2)c1. The molecule has 0 saturated carbocycles. The molecule has 1 aliphatic rings. The minimum absolute atomic E-state index is 0.0628. The van der Waals surface area contributed by atoms with Crippen molar-refractivity contribution in [2.75, 3.05) is 23.3 Å². The number of amides is 1. The van der Waals surface area contributed by atoms with Gasteiger partial charge in [0.2, 0.25) is 17.6 Å². The Labute approximate surface area is 168 Å². The van der Waals surface area contributed by atoms with Crippen LogP contribution in [0.2, 0.25) is 0 Å². The molecule has 0 aliphatic carbocycles. The number of benzene rings is 1. The van der Waals surface area contributed by atoms with Crippen LogP contribution in [0.25, 0.3) is 0 Å². The zero-order valence-corrected chi connectivity index (χ0v) is 16.2. The first-order valence-corrected chi connectivity index (χ1v) is 9.57. The summed E-state index contributed by atoms with van der Waals surface area (Å²) in [5.41, 5.74) is 1.09. The molecule has 0 spiro atoms. The lowest BCUT2D eigenvalue weighted by Crippen LogP contribution is -2.41. The van der Waals surface area contributed by atoms with E-state index in [1.54, 1.807) is 66.7 Å². The van der Waals surface area contributed by atoms with Crippen molar-refractivity contribution in [3.63, 3.8) is 0 Å². The van der Waals surface area contributed by atoms with Crippen LogP contribution in [0.3, 0.4) is 0 Å². The van der Waals surface area contributed by atoms with E-state index in [0.717, 1.165) is 19.4 Å². The maximum Gasteiger partial charge on any atom is 0.229 e. The van der Waals surface area contributed by atoms with Gasteiger partial charge in [0.05, 0.1) is 5.92 Å². The number of aromatic nitrogens is 4. The van der Waals surface area contributed by atoms with Gasteiger partial charge in [-0.05, 0) is 31.0 Å². The first-order valence-electron chi connectivity index (χ1n) is 9.57. The van der Waals surface area contributed by atoms with Crippen molar-refractivity contribution >= 4 is 23.3 Å². The van der Waals surface area contributed by atoms with Crippen molar-refractivity contribution in [2.45, 2.75) is 12.8 Å². The van der Waals surface area contributed by atoms with Crippen LogP contribution < -0.4 is 10.2 Å². The Hall–Kier alpha value is -3.55. The third kappa shape index (κ3) is 4.16. The topological polar surface area (TPSA) is 93.0 Å². The maximum absolute atomic E-state index is 12.8.